The molecule has 1 aromatic carbocycles. The molecule has 1 aromatic heterocycles. The molecule has 0 radical (unpaired) electrons. The predicted octanol–water partition coefficient (Wildman–Crippen LogP) is 1.44. The van der Waals surface area contributed by atoms with Crippen molar-refractivity contribution < 1.29 is 4.79 Å². The normalized spacial score (nSPS) is 10.6. The quantitative estimate of drug-likeness (QED) is 0.880. The lowest BCUT2D eigenvalue weighted by Gasteiger charge is -2.21. The molecule has 5 nitrogen and oxygen atoms in total. The van der Waals surface area contributed by atoms with Crippen LogP contribution in [0.15, 0.2) is 30.6 Å². The van der Waals surface area contributed by atoms with Gasteiger partial charge in [0.2, 0.25) is 0 Å². The van der Waals surface area contributed by atoms with Gasteiger partial charge in [-0.15, -0.1) is 0 Å². The van der Waals surface area contributed by atoms with E-state index < -0.39 is 0 Å². The summed E-state index contributed by atoms with van der Waals surface area (Å²) < 4.78 is 0. The highest BCUT2D eigenvalue weighted by molar-refractivity contribution is 6.04. The van der Waals surface area contributed by atoms with E-state index in [0.29, 0.717) is 30.7 Å². The Morgan fingerprint density at radius 3 is 2.79 bits per heavy atom. The number of hydrogen-bond donors (Lipinski definition) is 1. The Hall–Kier alpha value is -2.01. The molecule has 1 amide bonds. The molecule has 0 aliphatic rings. The van der Waals surface area contributed by atoms with Crippen molar-refractivity contribution in [3.63, 3.8) is 0 Å². The number of benzene rings is 1. The second-order valence-electron chi connectivity index (χ2n) is 4.31. The maximum atomic E-state index is 12.5. The molecule has 0 saturated heterocycles. The highest BCUT2D eigenvalue weighted by atomic mass is 16.2. The van der Waals surface area contributed by atoms with Gasteiger partial charge in [-0.05, 0) is 18.6 Å². The van der Waals surface area contributed by atoms with E-state index in [1.807, 2.05) is 19.1 Å². The van der Waals surface area contributed by atoms with Crippen molar-refractivity contribution >= 4 is 16.9 Å². The van der Waals surface area contributed by atoms with Gasteiger partial charge in [-0.2, -0.15) is 0 Å². The van der Waals surface area contributed by atoms with E-state index in [0.717, 1.165) is 11.9 Å². The first kappa shape index (κ1) is 13.4. The lowest BCUT2D eigenvalue weighted by molar-refractivity contribution is 0.0762. The summed E-state index contributed by atoms with van der Waals surface area (Å²) in [6.45, 7) is 3.76. The minimum absolute atomic E-state index is 0.0293. The van der Waals surface area contributed by atoms with Crippen LogP contribution in [0.25, 0.3) is 11.0 Å². The molecule has 0 unspecified atom stereocenters. The maximum Gasteiger partial charge on any atom is 0.256 e. The van der Waals surface area contributed by atoms with E-state index in [1.54, 1.807) is 23.4 Å². The number of hydrogen-bond acceptors (Lipinski definition) is 4. The summed E-state index contributed by atoms with van der Waals surface area (Å²) in [7, 11) is 0. The number of nitrogens with zero attached hydrogens (tertiary/aromatic N) is 3. The standard InChI is InChI=1S/C14H18N4O/c1-2-9-18(10-6-15)14(19)11-4-3-5-12-13(11)17-8-7-16-12/h3-5,7-8H,2,6,9-10,15H2,1H3. The molecule has 0 aliphatic heterocycles. The Balaban J connectivity index is 2.39. The van der Waals surface area contributed by atoms with Crippen LogP contribution in [0.4, 0.5) is 0 Å². The van der Waals surface area contributed by atoms with Gasteiger partial charge in [0.05, 0.1) is 11.1 Å². The Kier molecular flexibility index (Phi) is 4.41. The predicted molar refractivity (Wildman–Crippen MR) is 74.8 cm³/mol. The van der Waals surface area contributed by atoms with Crippen molar-refractivity contribution in [1.29, 1.82) is 0 Å². The van der Waals surface area contributed by atoms with Crippen LogP contribution in [0, 0.1) is 0 Å². The first-order valence-electron chi connectivity index (χ1n) is 6.47. The van der Waals surface area contributed by atoms with Gasteiger partial charge < -0.3 is 10.6 Å². The van der Waals surface area contributed by atoms with Gasteiger partial charge in [-0.1, -0.05) is 13.0 Å². The second kappa shape index (κ2) is 6.24. The summed E-state index contributed by atoms with van der Waals surface area (Å²) >= 11 is 0. The smallest absolute Gasteiger partial charge is 0.256 e. The van der Waals surface area contributed by atoms with Crippen LogP contribution in [-0.2, 0) is 0 Å². The minimum Gasteiger partial charge on any atom is -0.337 e. The average molecular weight is 258 g/mol. The van der Waals surface area contributed by atoms with E-state index >= 15 is 0 Å². The molecule has 0 atom stereocenters. The van der Waals surface area contributed by atoms with Crippen molar-refractivity contribution in [2.24, 2.45) is 5.73 Å². The molecule has 1 heterocycles. The molecule has 0 fully saturated rings. The van der Waals surface area contributed by atoms with Crippen LogP contribution in [-0.4, -0.2) is 40.4 Å². The van der Waals surface area contributed by atoms with Crippen LogP contribution in [0.5, 0.6) is 0 Å². The summed E-state index contributed by atoms with van der Waals surface area (Å²) in [6.07, 6.45) is 4.13. The van der Waals surface area contributed by atoms with Gasteiger partial charge in [0.15, 0.2) is 0 Å². The van der Waals surface area contributed by atoms with Crippen molar-refractivity contribution in [1.82, 2.24) is 14.9 Å². The molecule has 0 aliphatic carbocycles. The molecule has 2 rings (SSSR count). The van der Waals surface area contributed by atoms with Gasteiger partial charge in [0, 0.05) is 32.0 Å². The Labute approximate surface area is 112 Å². The molecular weight excluding hydrogens is 240 g/mol. The van der Waals surface area contributed by atoms with Crippen LogP contribution >= 0.6 is 0 Å². The van der Waals surface area contributed by atoms with Crippen molar-refractivity contribution in [2.75, 3.05) is 19.6 Å². The molecule has 2 aromatic rings. The number of fused-ring (bicyclic) bond motifs is 1. The molecule has 0 bridgehead atoms. The molecule has 19 heavy (non-hydrogen) atoms. The van der Waals surface area contributed by atoms with Crippen LogP contribution in [0.3, 0.4) is 0 Å². The third-order valence-electron chi connectivity index (χ3n) is 2.91. The molecule has 2 N–H and O–H groups in total. The number of nitrogens with two attached hydrogens (primary N) is 1. The topological polar surface area (TPSA) is 72.1 Å². The van der Waals surface area contributed by atoms with Gasteiger partial charge >= 0.3 is 0 Å². The van der Waals surface area contributed by atoms with Crippen LogP contribution in [0.2, 0.25) is 0 Å². The third-order valence-corrected chi connectivity index (χ3v) is 2.91. The number of para-hydroxylation sites is 1. The zero-order valence-corrected chi connectivity index (χ0v) is 11.0. The van der Waals surface area contributed by atoms with E-state index in [-0.39, 0.29) is 5.91 Å². The number of aromatic nitrogens is 2. The summed E-state index contributed by atoms with van der Waals surface area (Å²) in [6, 6.07) is 5.47. The zero-order chi connectivity index (χ0) is 13.7. The summed E-state index contributed by atoms with van der Waals surface area (Å²) in [5, 5.41) is 0. The average Bonchev–Trinajstić information content (AvgIpc) is 2.46. The van der Waals surface area contributed by atoms with Gasteiger partial charge in [0.1, 0.15) is 5.52 Å². The highest BCUT2D eigenvalue weighted by Gasteiger charge is 2.17. The number of carbonyl (C=O) groups is 1. The van der Waals surface area contributed by atoms with E-state index in [1.165, 1.54) is 0 Å². The Bertz CT molecular complexity index is 559. The van der Waals surface area contributed by atoms with Gasteiger partial charge in [-0.25, -0.2) is 0 Å². The zero-order valence-electron chi connectivity index (χ0n) is 11.0. The fraction of sp³-hybridized carbons (Fsp3) is 0.357. The van der Waals surface area contributed by atoms with Crippen molar-refractivity contribution in [2.45, 2.75) is 13.3 Å². The van der Waals surface area contributed by atoms with Crippen molar-refractivity contribution in [3.05, 3.63) is 36.2 Å². The fourth-order valence-electron chi connectivity index (χ4n) is 2.08. The first-order valence-corrected chi connectivity index (χ1v) is 6.47. The second-order valence-corrected chi connectivity index (χ2v) is 4.31. The van der Waals surface area contributed by atoms with Gasteiger partial charge in [-0.3, -0.25) is 14.8 Å². The number of carbonyl (C=O) groups excluding carboxylic acids is 1. The molecule has 5 heteroatoms. The lowest BCUT2D eigenvalue weighted by atomic mass is 10.1. The first-order chi connectivity index (χ1) is 9.27. The largest absolute Gasteiger partial charge is 0.337 e. The summed E-state index contributed by atoms with van der Waals surface area (Å²) in [5.74, 6) is -0.0293. The SMILES string of the molecule is CCCN(CCN)C(=O)c1cccc2nccnc12. The summed E-state index contributed by atoms with van der Waals surface area (Å²) in [5.41, 5.74) is 7.54. The maximum absolute atomic E-state index is 12.5. The number of rotatable bonds is 5. The Morgan fingerprint density at radius 1 is 1.26 bits per heavy atom. The molecule has 0 spiro atoms. The van der Waals surface area contributed by atoms with Crippen LogP contribution in [0.1, 0.15) is 23.7 Å². The monoisotopic (exact) mass is 258 g/mol. The van der Waals surface area contributed by atoms with E-state index in [2.05, 4.69) is 9.97 Å². The van der Waals surface area contributed by atoms with E-state index in [9.17, 15) is 4.79 Å². The Morgan fingerprint density at radius 2 is 2.05 bits per heavy atom. The van der Waals surface area contributed by atoms with Gasteiger partial charge in [0.25, 0.3) is 5.91 Å². The molecule has 0 saturated carbocycles. The van der Waals surface area contributed by atoms with Crippen molar-refractivity contribution in [3.8, 4) is 0 Å². The highest BCUT2D eigenvalue weighted by Crippen LogP contribution is 2.16. The van der Waals surface area contributed by atoms with E-state index in [4.69, 9.17) is 5.73 Å². The minimum atomic E-state index is -0.0293. The summed E-state index contributed by atoms with van der Waals surface area (Å²) in [4.78, 5) is 22.8. The third kappa shape index (κ3) is 2.88. The molecule has 100 valence electrons. The molecular formula is C14H18N4O. The lowest BCUT2D eigenvalue weighted by Crippen LogP contribution is -2.36. The fourth-order valence-corrected chi connectivity index (χ4v) is 2.08. The van der Waals surface area contributed by atoms with Crippen LogP contribution < -0.4 is 5.73 Å². The number of amides is 1.